The molecule has 0 radical (unpaired) electrons. The molecule has 1 aliphatic carbocycles. The summed E-state index contributed by atoms with van der Waals surface area (Å²) in [6.45, 7) is 5.78. The van der Waals surface area contributed by atoms with E-state index in [0.717, 1.165) is 36.1 Å². The summed E-state index contributed by atoms with van der Waals surface area (Å²) in [6.07, 6.45) is 5.09. The quantitative estimate of drug-likeness (QED) is 0.634. The van der Waals surface area contributed by atoms with Crippen molar-refractivity contribution in [3.63, 3.8) is 0 Å². The van der Waals surface area contributed by atoms with Crippen LogP contribution in [0, 0.1) is 13.8 Å². The molecule has 3 aromatic rings. The molecule has 1 unspecified atom stereocenters. The van der Waals surface area contributed by atoms with Gasteiger partial charge in [-0.2, -0.15) is 5.10 Å². The first kappa shape index (κ1) is 19.6. The van der Waals surface area contributed by atoms with E-state index < -0.39 is 0 Å². The van der Waals surface area contributed by atoms with E-state index in [-0.39, 0.29) is 17.7 Å². The lowest BCUT2D eigenvalue weighted by Gasteiger charge is -2.24. The van der Waals surface area contributed by atoms with Crippen molar-refractivity contribution in [2.75, 3.05) is 0 Å². The van der Waals surface area contributed by atoms with Gasteiger partial charge in [0.05, 0.1) is 29.2 Å². The van der Waals surface area contributed by atoms with E-state index in [0.29, 0.717) is 11.3 Å². The van der Waals surface area contributed by atoms with Crippen LogP contribution in [0.5, 0.6) is 0 Å². The van der Waals surface area contributed by atoms with Crippen LogP contribution in [0.1, 0.15) is 63.4 Å². The van der Waals surface area contributed by atoms with Crippen molar-refractivity contribution in [1.29, 1.82) is 0 Å². The van der Waals surface area contributed by atoms with Gasteiger partial charge in [0.2, 0.25) is 5.91 Å². The Balaban J connectivity index is 1.53. The van der Waals surface area contributed by atoms with Crippen molar-refractivity contribution in [1.82, 2.24) is 15.1 Å². The van der Waals surface area contributed by atoms with E-state index in [1.54, 1.807) is 6.92 Å². The molecule has 0 aliphatic heterocycles. The fourth-order valence-corrected chi connectivity index (χ4v) is 4.78. The Hall–Kier alpha value is -2.73. The van der Waals surface area contributed by atoms with Gasteiger partial charge in [0.1, 0.15) is 0 Å². The van der Waals surface area contributed by atoms with Crippen LogP contribution in [0.4, 0.5) is 0 Å². The smallest absolute Gasteiger partial charge is 0.224 e. The van der Waals surface area contributed by atoms with Crippen LogP contribution in [-0.4, -0.2) is 21.5 Å². The number of fused-ring (bicyclic) bond motifs is 1. The van der Waals surface area contributed by atoms with Crippen molar-refractivity contribution in [3.8, 4) is 5.69 Å². The minimum Gasteiger partial charge on any atom is -0.349 e. The van der Waals surface area contributed by atoms with E-state index in [1.165, 1.54) is 28.2 Å². The molecule has 1 amide bonds. The van der Waals surface area contributed by atoms with Crippen molar-refractivity contribution in [2.24, 2.45) is 0 Å². The first-order chi connectivity index (χ1) is 13.9. The Labute approximate surface area is 174 Å². The lowest BCUT2D eigenvalue weighted by atomic mass is 9.92. The Kier molecular flexibility index (Phi) is 5.37. The van der Waals surface area contributed by atoms with E-state index in [2.05, 4.69) is 42.5 Å². The summed E-state index contributed by atoms with van der Waals surface area (Å²) in [7, 11) is 0. The molecule has 29 heavy (non-hydrogen) atoms. The number of benzene rings is 1. The van der Waals surface area contributed by atoms with E-state index in [4.69, 9.17) is 0 Å². The molecule has 1 N–H and O–H groups in total. The molecule has 6 heteroatoms. The second kappa shape index (κ2) is 7.95. The zero-order valence-electron chi connectivity index (χ0n) is 17.0. The third-order valence-corrected chi connectivity index (χ3v) is 6.77. The van der Waals surface area contributed by atoms with Crippen molar-refractivity contribution >= 4 is 23.0 Å². The van der Waals surface area contributed by atoms with Gasteiger partial charge in [-0.05, 0) is 74.2 Å². The molecule has 0 bridgehead atoms. The summed E-state index contributed by atoms with van der Waals surface area (Å²) < 4.78 is 2.04. The molecule has 0 saturated heterocycles. The molecule has 1 aromatic carbocycles. The normalized spacial score (nSPS) is 15.8. The van der Waals surface area contributed by atoms with Crippen LogP contribution in [-0.2, 0) is 17.6 Å². The Morgan fingerprint density at radius 2 is 2.14 bits per heavy atom. The molecule has 0 saturated carbocycles. The number of thiophene rings is 1. The van der Waals surface area contributed by atoms with Gasteiger partial charge in [0, 0.05) is 11.3 Å². The molecule has 2 aromatic heterocycles. The third kappa shape index (κ3) is 3.90. The highest BCUT2D eigenvalue weighted by Gasteiger charge is 2.26. The largest absolute Gasteiger partial charge is 0.349 e. The standard InChI is InChI=1S/C23H25N3O2S/c1-14-6-4-8-20(15(14)2)26-21-9-5-7-19(18(21)12-24-26)25-23(28)11-17-10-22(16(3)27)29-13-17/h4,6,8,10,12-13,19H,5,7,9,11H2,1-3H3,(H,25,28). The van der Waals surface area contributed by atoms with Gasteiger partial charge >= 0.3 is 0 Å². The van der Waals surface area contributed by atoms with Crippen molar-refractivity contribution < 1.29 is 9.59 Å². The van der Waals surface area contributed by atoms with E-state index >= 15 is 0 Å². The number of rotatable bonds is 5. The number of Topliss-reactive ketones (excluding diaryl/α,β-unsaturated/α-hetero) is 1. The molecule has 1 aliphatic rings. The molecular weight excluding hydrogens is 382 g/mol. The summed E-state index contributed by atoms with van der Waals surface area (Å²) in [6, 6.07) is 8.07. The lowest BCUT2D eigenvalue weighted by Crippen LogP contribution is -2.32. The zero-order chi connectivity index (χ0) is 20.5. The predicted octanol–water partition coefficient (Wildman–Crippen LogP) is 4.49. The molecule has 0 fully saturated rings. The average Bonchev–Trinajstić information content (AvgIpc) is 3.32. The monoisotopic (exact) mass is 407 g/mol. The topological polar surface area (TPSA) is 64.0 Å². The Morgan fingerprint density at radius 1 is 1.31 bits per heavy atom. The molecule has 150 valence electrons. The maximum atomic E-state index is 12.6. The van der Waals surface area contributed by atoms with Crippen LogP contribution >= 0.6 is 11.3 Å². The predicted molar refractivity (Wildman–Crippen MR) is 115 cm³/mol. The van der Waals surface area contributed by atoms with Gasteiger partial charge in [0.15, 0.2) is 5.78 Å². The molecule has 5 nitrogen and oxygen atoms in total. The summed E-state index contributed by atoms with van der Waals surface area (Å²) in [5.74, 6) is 0.0210. The van der Waals surface area contributed by atoms with Crippen LogP contribution in [0.3, 0.4) is 0 Å². The van der Waals surface area contributed by atoms with Gasteiger partial charge in [0.25, 0.3) is 0 Å². The van der Waals surface area contributed by atoms with Crippen LogP contribution in [0.25, 0.3) is 5.69 Å². The number of nitrogens with zero attached hydrogens (tertiary/aromatic N) is 2. The van der Waals surface area contributed by atoms with Crippen molar-refractivity contribution in [3.05, 3.63) is 68.7 Å². The Bertz CT molecular complexity index is 1080. The van der Waals surface area contributed by atoms with Gasteiger partial charge < -0.3 is 5.32 Å². The maximum Gasteiger partial charge on any atom is 0.224 e. The number of carbonyl (C=O) groups is 2. The summed E-state index contributed by atoms with van der Waals surface area (Å²) in [5, 5.41) is 9.73. The minimum atomic E-state index is -0.0183. The molecular formula is C23H25N3O2S. The number of amides is 1. The second-order valence-electron chi connectivity index (χ2n) is 7.74. The fourth-order valence-electron chi connectivity index (χ4n) is 3.96. The third-order valence-electron chi connectivity index (χ3n) is 5.69. The summed E-state index contributed by atoms with van der Waals surface area (Å²) in [5.41, 5.74) is 6.76. The molecule has 2 heterocycles. The van der Waals surface area contributed by atoms with Gasteiger partial charge in [-0.15, -0.1) is 11.3 Å². The molecule has 0 spiro atoms. The number of carbonyl (C=O) groups excluding carboxylic acids is 2. The second-order valence-corrected chi connectivity index (χ2v) is 8.65. The SMILES string of the molecule is CC(=O)c1cc(CC(=O)NC2CCCc3c2cnn3-c2cccc(C)c2C)cs1. The minimum absolute atomic E-state index is 0.0176. The average molecular weight is 408 g/mol. The van der Waals surface area contributed by atoms with Gasteiger partial charge in [-0.25, -0.2) is 4.68 Å². The number of hydrogen-bond acceptors (Lipinski definition) is 4. The van der Waals surface area contributed by atoms with Crippen LogP contribution < -0.4 is 5.32 Å². The fraction of sp³-hybridized carbons (Fsp3) is 0.348. The number of aryl methyl sites for hydroxylation is 1. The molecule has 1 atom stereocenters. The van der Waals surface area contributed by atoms with E-state index in [1.807, 2.05) is 22.3 Å². The lowest BCUT2D eigenvalue weighted by molar-refractivity contribution is -0.121. The molecule has 4 rings (SSSR count). The highest BCUT2D eigenvalue weighted by Crippen LogP contribution is 2.32. The summed E-state index contributed by atoms with van der Waals surface area (Å²) in [4.78, 5) is 24.8. The highest BCUT2D eigenvalue weighted by atomic mass is 32.1. The zero-order valence-corrected chi connectivity index (χ0v) is 17.8. The van der Waals surface area contributed by atoms with Gasteiger partial charge in [-0.3, -0.25) is 9.59 Å². The number of nitrogens with one attached hydrogen (secondary N) is 1. The first-order valence-electron chi connectivity index (χ1n) is 9.95. The highest BCUT2D eigenvalue weighted by molar-refractivity contribution is 7.12. The number of aromatic nitrogens is 2. The van der Waals surface area contributed by atoms with Crippen LogP contribution in [0.2, 0.25) is 0 Å². The van der Waals surface area contributed by atoms with E-state index in [9.17, 15) is 9.59 Å². The maximum absolute atomic E-state index is 12.6. The summed E-state index contributed by atoms with van der Waals surface area (Å²) >= 11 is 1.39. The first-order valence-corrected chi connectivity index (χ1v) is 10.8. The Morgan fingerprint density at radius 3 is 2.90 bits per heavy atom. The van der Waals surface area contributed by atoms with Gasteiger partial charge in [-0.1, -0.05) is 12.1 Å². The van der Waals surface area contributed by atoms with Crippen molar-refractivity contribution in [2.45, 2.75) is 52.5 Å². The number of hydrogen-bond donors (Lipinski definition) is 1. The number of ketones is 1. The van der Waals surface area contributed by atoms with Crippen LogP contribution in [0.15, 0.2) is 35.8 Å².